The van der Waals surface area contributed by atoms with Crippen LogP contribution in [0.2, 0.25) is 0 Å². The Morgan fingerprint density at radius 2 is 2.18 bits per heavy atom. The monoisotopic (exact) mass is 241 g/mol. The van der Waals surface area contributed by atoms with Crippen LogP contribution >= 0.6 is 0 Å². The number of rotatable bonds is 4. The summed E-state index contributed by atoms with van der Waals surface area (Å²) in [5, 5.41) is 7.26. The maximum atomic E-state index is 5.31. The average molecular weight is 241 g/mol. The van der Waals surface area contributed by atoms with Crippen LogP contribution in [0.5, 0.6) is 0 Å². The van der Waals surface area contributed by atoms with E-state index in [2.05, 4.69) is 15.5 Å². The summed E-state index contributed by atoms with van der Waals surface area (Å²) in [6, 6.07) is 0.0776. The lowest BCUT2D eigenvalue weighted by atomic mass is 10.1. The third-order valence-electron chi connectivity index (χ3n) is 3.21. The summed E-state index contributed by atoms with van der Waals surface area (Å²) in [7, 11) is 3.34. The van der Waals surface area contributed by atoms with Gasteiger partial charge in [0.15, 0.2) is 0 Å². The maximum absolute atomic E-state index is 5.31. The highest BCUT2D eigenvalue weighted by Crippen LogP contribution is 2.26. The van der Waals surface area contributed by atoms with Crippen LogP contribution in [0.15, 0.2) is 4.52 Å². The fraction of sp³-hybridized carbons (Fsp3) is 0.818. The number of hydrogen-bond acceptors (Lipinski definition) is 6. The van der Waals surface area contributed by atoms with E-state index in [1.165, 1.54) is 0 Å². The fourth-order valence-electron chi connectivity index (χ4n) is 1.78. The van der Waals surface area contributed by atoms with Crippen molar-refractivity contribution in [2.75, 3.05) is 20.8 Å². The van der Waals surface area contributed by atoms with E-state index < -0.39 is 5.60 Å². The lowest BCUT2D eigenvalue weighted by Gasteiger charge is -2.17. The third-order valence-corrected chi connectivity index (χ3v) is 3.21. The SMILES string of the molecule is CO[C@@H]1CN[C@@H](c2nc(C(C)(C)OC)no2)C1. The van der Waals surface area contributed by atoms with Crippen molar-refractivity contribution in [3.05, 3.63) is 11.7 Å². The zero-order chi connectivity index (χ0) is 12.5. The summed E-state index contributed by atoms with van der Waals surface area (Å²) in [4.78, 5) is 4.38. The maximum Gasteiger partial charge on any atom is 0.243 e. The van der Waals surface area contributed by atoms with Crippen LogP contribution in [0.25, 0.3) is 0 Å². The second-order valence-electron chi connectivity index (χ2n) is 4.72. The van der Waals surface area contributed by atoms with Crippen LogP contribution in [0, 0.1) is 0 Å². The summed E-state index contributed by atoms with van der Waals surface area (Å²) in [6.45, 7) is 4.62. The predicted molar refractivity (Wildman–Crippen MR) is 60.5 cm³/mol. The van der Waals surface area contributed by atoms with Gasteiger partial charge < -0.3 is 19.3 Å². The van der Waals surface area contributed by atoms with Crippen molar-refractivity contribution in [3.8, 4) is 0 Å². The van der Waals surface area contributed by atoms with Gasteiger partial charge in [0.2, 0.25) is 11.7 Å². The zero-order valence-electron chi connectivity index (χ0n) is 10.7. The Labute approximate surface area is 101 Å². The lowest BCUT2D eigenvalue weighted by molar-refractivity contribution is 0.00973. The van der Waals surface area contributed by atoms with Gasteiger partial charge in [0, 0.05) is 20.8 Å². The molecule has 2 atom stereocenters. The molecule has 1 aromatic rings. The molecule has 17 heavy (non-hydrogen) atoms. The lowest BCUT2D eigenvalue weighted by Crippen LogP contribution is -2.21. The van der Waals surface area contributed by atoms with Crippen molar-refractivity contribution in [2.24, 2.45) is 0 Å². The van der Waals surface area contributed by atoms with Crippen LogP contribution in [0.3, 0.4) is 0 Å². The Kier molecular flexibility index (Phi) is 3.46. The summed E-state index contributed by atoms with van der Waals surface area (Å²) in [6.07, 6.45) is 1.07. The second-order valence-corrected chi connectivity index (χ2v) is 4.72. The quantitative estimate of drug-likeness (QED) is 0.848. The minimum absolute atomic E-state index is 0.0776. The van der Waals surface area contributed by atoms with Gasteiger partial charge in [0.25, 0.3) is 0 Å². The Hall–Kier alpha value is -0.980. The van der Waals surface area contributed by atoms with Gasteiger partial charge in [0.1, 0.15) is 5.60 Å². The number of aromatic nitrogens is 2. The van der Waals surface area contributed by atoms with Crippen LogP contribution in [0.1, 0.15) is 38.0 Å². The van der Waals surface area contributed by atoms with Crippen LogP contribution < -0.4 is 5.32 Å². The molecule has 6 heteroatoms. The Balaban J connectivity index is 2.09. The van der Waals surface area contributed by atoms with Gasteiger partial charge in [-0.25, -0.2) is 0 Å². The minimum Gasteiger partial charge on any atom is -0.380 e. The predicted octanol–water partition coefficient (Wildman–Crippen LogP) is 1.00. The molecule has 0 radical (unpaired) electrons. The number of ether oxygens (including phenoxy) is 2. The summed E-state index contributed by atoms with van der Waals surface area (Å²) in [5.74, 6) is 1.17. The number of methoxy groups -OCH3 is 2. The highest BCUT2D eigenvalue weighted by molar-refractivity contribution is 5.02. The van der Waals surface area contributed by atoms with Crippen molar-refractivity contribution in [1.82, 2.24) is 15.5 Å². The van der Waals surface area contributed by atoms with E-state index in [1.807, 2.05) is 13.8 Å². The Morgan fingerprint density at radius 3 is 2.76 bits per heavy atom. The van der Waals surface area contributed by atoms with Gasteiger partial charge >= 0.3 is 0 Å². The first-order chi connectivity index (χ1) is 8.06. The molecule has 0 unspecified atom stereocenters. The van der Waals surface area contributed by atoms with E-state index in [4.69, 9.17) is 14.0 Å². The largest absolute Gasteiger partial charge is 0.380 e. The number of hydrogen-bond donors (Lipinski definition) is 1. The molecule has 0 spiro atoms. The van der Waals surface area contributed by atoms with Crippen LogP contribution in [0.4, 0.5) is 0 Å². The second kappa shape index (κ2) is 4.72. The molecule has 0 aliphatic carbocycles. The summed E-state index contributed by atoms with van der Waals surface area (Å²) >= 11 is 0. The standard InChI is InChI=1S/C11H19N3O3/c1-11(2,16-4)10-13-9(17-14-10)8-5-7(15-3)6-12-8/h7-8,12H,5-6H2,1-4H3/t7-,8+/m0/s1. The van der Waals surface area contributed by atoms with Gasteiger partial charge in [0.05, 0.1) is 12.1 Å². The van der Waals surface area contributed by atoms with Crippen molar-refractivity contribution in [3.63, 3.8) is 0 Å². The highest BCUT2D eigenvalue weighted by atomic mass is 16.5. The molecule has 6 nitrogen and oxygen atoms in total. The topological polar surface area (TPSA) is 69.4 Å². The van der Waals surface area contributed by atoms with E-state index >= 15 is 0 Å². The molecule has 0 saturated carbocycles. The molecular formula is C11H19N3O3. The minimum atomic E-state index is -0.527. The van der Waals surface area contributed by atoms with Crippen LogP contribution in [-0.2, 0) is 15.1 Å². The van der Waals surface area contributed by atoms with Crippen molar-refractivity contribution in [2.45, 2.75) is 38.0 Å². The molecule has 1 N–H and O–H groups in total. The molecule has 96 valence electrons. The number of nitrogens with zero attached hydrogens (tertiary/aromatic N) is 2. The molecule has 1 saturated heterocycles. The molecule has 0 bridgehead atoms. The third kappa shape index (κ3) is 2.48. The van der Waals surface area contributed by atoms with E-state index in [0.29, 0.717) is 11.7 Å². The zero-order valence-corrected chi connectivity index (χ0v) is 10.7. The van der Waals surface area contributed by atoms with Crippen LogP contribution in [-0.4, -0.2) is 37.0 Å². The summed E-state index contributed by atoms with van der Waals surface area (Å²) in [5.41, 5.74) is -0.527. The van der Waals surface area contributed by atoms with Gasteiger partial charge in [-0.2, -0.15) is 4.98 Å². The van der Waals surface area contributed by atoms with E-state index in [0.717, 1.165) is 13.0 Å². The highest BCUT2D eigenvalue weighted by Gasteiger charge is 2.32. The fourth-order valence-corrected chi connectivity index (χ4v) is 1.78. The van der Waals surface area contributed by atoms with Gasteiger partial charge in [-0.3, -0.25) is 0 Å². The molecule has 1 aliphatic heterocycles. The molecule has 2 rings (SSSR count). The van der Waals surface area contributed by atoms with Gasteiger partial charge in [-0.1, -0.05) is 5.16 Å². The Morgan fingerprint density at radius 1 is 1.41 bits per heavy atom. The van der Waals surface area contributed by atoms with E-state index in [9.17, 15) is 0 Å². The van der Waals surface area contributed by atoms with Crippen molar-refractivity contribution in [1.29, 1.82) is 0 Å². The molecule has 1 aliphatic rings. The van der Waals surface area contributed by atoms with Crippen molar-refractivity contribution < 1.29 is 14.0 Å². The van der Waals surface area contributed by atoms with Gasteiger partial charge in [-0.05, 0) is 20.3 Å². The first-order valence-electron chi connectivity index (χ1n) is 5.72. The van der Waals surface area contributed by atoms with Gasteiger partial charge in [-0.15, -0.1) is 0 Å². The summed E-state index contributed by atoms with van der Waals surface area (Å²) < 4.78 is 15.9. The van der Waals surface area contributed by atoms with Crippen molar-refractivity contribution >= 4 is 0 Å². The molecule has 1 aromatic heterocycles. The molecule has 2 heterocycles. The average Bonchev–Trinajstić information content (AvgIpc) is 2.97. The molecule has 0 aromatic carbocycles. The molecular weight excluding hydrogens is 222 g/mol. The van der Waals surface area contributed by atoms with E-state index in [-0.39, 0.29) is 12.1 Å². The number of nitrogens with one attached hydrogen (secondary N) is 1. The first-order valence-corrected chi connectivity index (χ1v) is 5.72. The molecule has 1 fully saturated rings. The smallest absolute Gasteiger partial charge is 0.243 e. The molecule has 0 amide bonds. The van der Waals surface area contributed by atoms with E-state index in [1.54, 1.807) is 14.2 Å². The first kappa shape index (κ1) is 12.5. The Bertz CT molecular complexity index is 378. The normalized spacial score (nSPS) is 25.4.